The van der Waals surface area contributed by atoms with Crippen LogP contribution in [0.15, 0.2) is 52.3 Å². The molecule has 0 aliphatic heterocycles. The third-order valence-corrected chi connectivity index (χ3v) is 3.89. The first kappa shape index (κ1) is 15.3. The average molecular weight is 324 g/mol. The van der Waals surface area contributed by atoms with Crippen molar-refractivity contribution in [2.24, 2.45) is 0 Å². The molecular weight excluding hydrogens is 314 g/mol. The van der Waals surface area contributed by atoms with E-state index < -0.39 is 10.9 Å². The van der Waals surface area contributed by atoms with Crippen LogP contribution in [0, 0.1) is 10.1 Å². The molecule has 2 rings (SSSR count). The number of nitro benzene ring substituents is 1. The van der Waals surface area contributed by atoms with Crippen LogP contribution in [0.1, 0.15) is 5.56 Å². The number of carboxylic acids is 1. The molecule has 0 heterocycles. The highest BCUT2D eigenvalue weighted by Crippen LogP contribution is 2.32. The van der Waals surface area contributed by atoms with Gasteiger partial charge in [0.2, 0.25) is 0 Å². The molecule has 0 bridgehead atoms. The minimum absolute atomic E-state index is 0.183. The van der Waals surface area contributed by atoms with Crippen LogP contribution >= 0.6 is 23.4 Å². The van der Waals surface area contributed by atoms with Crippen molar-refractivity contribution in [1.82, 2.24) is 0 Å². The quantitative estimate of drug-likeness (QED) is 0.663. The molecule has 21 heavy (non-hydrogen) atoms. The van der Waals surface area contributed by atoms with Crippen LogP contribution in [0.4, 0.5) is 5.69 Å². The minimum Gasteiger partial charge on any atom is -0.481 e. The maximum Gasteiger partial charge on any atom is 0.308 e. The Bertz CT molecular complexity index is 688. The van der Waals surface area contributed by atoms with Gasteiger partial charge in [-0.05, 0) is 36.4 Å². The van der Waals surface area contributed by atoms with Crippen molar-refractivity contribution in [3.8, 4) is 0 Å². The van der Waals surface area contributed by atoms with E-state index in [-0.39, 0.29) is 17.7 Å². The summed E-state index contributed by atoms with van der Waals surface area (Å²) in [5.74, 6) is -1.10. The van der Waals surface area contributed by atoms with Crippen LogP contribution in [-0.2, 0) is 11.2 Å². The van der Waals surface area contributed by atoms with E-state index in [1.54, 1.807) is 18.2 Å². The summed E-state index contributed by atoms with van der Waals surface area (Å²) in [5.41, 5.74) is 0.00400. The van der Waals surface area contributed by atoms with E-state index >= 15 is 0 Å². The lowest BCUT2D eigenvalue weighted by Crippen LogP contribution is -2.03. The maximum atomic E-state index is 10.9. The van der Waals surface area contributed by atoms with Gasteiger partial charge in [-0.3, -0.25) is 14.9 Å². The Morgan fingerprint density at radius 2 is 1.81 bits per heavy atom. The van der Waals surface area contributed by atoms with Gasteiger partial charge in [0.15, 0.2) is 0 Å². The first-order chi connectivity index (χ1) is 9.95. The van der Waals surface area contributed by atoms with Gasteiger partial charge < -0.3 is 5.11 Å². The van der Waals surface area contributed by atoms with Crippen molar-refractivity contribution < 1.29 is 14.8 Å². The highest BCUT2D eigenvalue weighted by molar-refractivity contribution is 7.99. The number of hydrogen-bond donors (Lipinski definition) is 1. The Kier molecular flexibility index (Phi) is 4.82. The molecule has 7 heteroatoms. The summed E-state index contributed by atoms with van der Waals surface area (Å²) in [5, 5.41) is 20.4. The highest BCUT2D eigenvalue weighted by atomic mass is 35.5. The van der Waals surface area contributed by atoms with Crippen LogP contribution in [-0.4, -0.2) is 16.0 Å². The van der Waals surface area contributed by atoms with Gasteiger partial charge in [0, 0.05) is 26.4 Å². The molecule has 0 aromatic heterocycles. The van der Waals surface area contributed by atoms with E-state index in [0.717, 1.165) is 9.79 Å². The van der Waals surface area contributed by atoms with E-state index in [0.29, 0.717) is 5.02 Å². The molecule has 2 aromatic carbocycles. The first-order valence-corrected chi connectivity index (χ1v) is 7.07. The molecular formula is C14H10ClNO4S. The minimum atomic E-state index is -1.10. The second-order valence-corrected chi connectivity index (χ2v) is 5.76. The SMILES string of the molecule is O=C(O)Cc1cc(Sc2ccc(Cl)cc2)ccc1[N+](=O)[O-]. The van der Waals surface area contributed by atoms with E-state index in [9.17, 15) is 14.9 Å². The summed E-state index contributed by atoms with van der Waals surface area (Å²) in [6.45, 7) is 0. The number of rotatable bonds is 5. The van der Waals surface area contributed by atoms with Crippen molar-refractivity contribution in [2.75, 3.05) is 0 Å². The largest absolute Gasteiger partial charge is 0.481 e. The monoisotopic (exact) mass is 323 g/mol. The Morgan fingerprint density at radius 1 is 1.19 bits per heavy atom. The highest BCUT2D eigenvalue weighted by Gasteiger charge is 2.17. The van der Waals surface area contributed by atoms with Gasteiger partial charge in [0.1, 0.15) is 0 Å². The summed E-state index contributed by atoms with van der Waals surface area (Å²) in [6, 6.07) is 11.6. The van der Waals surface area contributed by atoms with Crippen LogP contribution in [0.3, 0.4) is 0 Å². The number of aliphatic carboxylic acids is 1. The lowest BCUT2D eigenvalue weighted by atomic mass is 10.1. The van der Waals surface area contributed by atoms with Crippen LogP contribution in [0.2, 0.25) is 5.02 Å². The first-order valence-electron chi connectivity index (χ1n) is 5.88. The van der Waals surface area contributed by atoms with Gasteiger partial charge in [-0.25, -0.2) is 0 Å². The molecule has 0 radical (unpaired) electrons. The van der Waals surface area contributed by atoms with Crippen molar-refractivity contribution in [3.63, 3.8) is 0 Å². The van der Waals surface area contributed by atoms with Gasteiger partial charge in [-0.2, -0.15) is 0 Å². The van der Waals surface area contributed by atoms with Crippen LogP contribution in [0.5, 0.6) is 0 Å². The van der Waals surface area contributed by atoms with Crippen LogP contribution < -0.4 is 0 Å². The third-order valence-electron chi connectivity index (χ3n) is 2.64. The molecule has 5 nitrogen and oxygen atoms in total. The number of benzene rings is 2. The van der Waals surface area contributed by atoms with E-state index in [2.05, 4.69) is 0 Å². The van der Waals surface area contributed by atoms with Gasteiger partial charge in [0.05, 0.1) is 11.3 Å². The van der Waals surface area contributed by atoms with Gasteiger partial charge in [-0.15, -0.1) is 0 Å². The zero-order chi connectivity index (χ0) is 15.4. The Balaban J connectivity index is 2.30. The van der Waals surface area contributed by atoms with Gasteiger partial charge in [0.25, 0.3) is 5.69 Å². The number of carboxylic acid groups (broad SMARTS) is 1. The van der Waals surface area contributed by atoms with Crippen molar-refractivity contribution in [2.45, 2.75) is 16.2 Å². The maximum absolute atomic E-state index is 10.9. The van der Waals surface area contributed by atoms with Crippen molar-refractivity contribution in [3.05, 3.63) is 63.2 Å². The molecule has 0 spiro atoms. The third kappa shape index (κ3) is 4.21. The number of carbonyl (C=O) groups is 1. The summed E-state index contributed by atoms with van der Waals surface area (Å²) < 4.78 is 0. The standard InChI is InChI=1S/C14H10ClNO4S/c15-10-1-3-11(4-2-10)21-12-5-6-13(16(19)20)9(7-12)8-14(17)18/h1-7H,8H2,(H,17,18). The lowest BCUT2D eigenvalue weighted by Gasteiger charge is -2.05. The van der Waals surface area contributed by atoms with Crippen molar-refractivity contribution >= 4 is 35.0 Å². The molecule has 0 aliphatic carbocycles. The molecule has 0 amide bonds. The number of nitrogens with zero attached hydrogens (tertiary/aromatic N) is 1. The van der Waals surface area contributed by atoms with Crippen LogP contribution in [0.25, 0.3) is 0 Å². The number of halogens is 1. The summed E-state index contributed by atoms with van der Waals surface area (Å²) in [4.78, 5) is 22.8. The normalized spacial score (nSPS) is 10.3. The second kappa shape index (κ2) is 6.60. The molecule has 0 atom stereocenters. The van der Waals surface area contributed by atoms with E-state index in [1.807, 2.05) is 12.1 Å². The van der Waals surface area contributed by atoms with E-state index in [1.165, 1.54) is 23.9 Å². The zero-order valence-corrected chi connectivity index (χ0v) is 12.2. The summed E-state index contributed by atoms with van der Waals surface area (Å²) in [6.07, 6.45) is -0.384. The fourth-order valence-corrected chi connectivity index (χ4v) is 2.75. The summed E-state index contributed by atoms with van der Waals surface area (Å²) in [7, 11) is 0. The molecule has 0 unspecified atom stereocenters. The molecule has 0 saturated heterocycles. The molecule has 0 fully saturated rings. The predicted molar refractivity (Wildman–Crippen MR) is 80.0 cm³/mol. The molecule has 108 valence electrons. The molecule has 0 saturated carbocycles. The fraction of sp³-hybridized carbons (Fsp3) is 0.0714. The number of nitro groups is 1. The van der Waals surface area contributed by atoms with Gasteiger partial charge in [-0.1, -0.05) is 23.4 Å². The van der Waals surface area contributed by atoms with E-state index in [4.69, 9.17) is 16.7 Å². The predicted octanol–water partition coefficient (Wildman–Crippen LogP) is 4.03. The Morgan fingerprint density at radius 3 is 2.38 bits per heavy atom. The topological polar surface area (TPSA) is 80.4 Å². The average Bonchev–Trinajstić information content (AvgIpc) is 2.40. The van der Waals surface area contributed by atoms with Gasteiger partial charge >= 0.3 is 5.97 Å². The lowest BCUT2D eigenvalue weighted by molar-refractivity contribution is -0.385. The second-order valence-electron chi connectivity index (χ2n) is 4.17. The molecule has 1 N–H and O–H groups in total. The summed E-state index contributed by atoms with van der Waals surface area (Å²) >= 11 is 7.19. The zero-order valence-electron chi connectivity index (χ0n) is 10.7. The smallest absolute Gasteiger partial charge is 0.308 e. The number of hydrogen-bond acceptors (Lipinski definition) is 4. The molecule has 0 aliphatic rings. The Hall–Kier alpha value is -2.05. The fourth-order valence-electron chi connectivity index (χ4n) is 1.75. The van der Waals surface area contributed by atoms with Crippen molar-refractivity contribution in [1.29, 1.82) is 0 Å². The Labute approximate surface area is 129 Å². The molecule has 2 aromatic rings.